The molecule has 0 aliphatic heterocycles. The maximum atomic E-state index is 5.98. The Balaban J connectivity index is 2.37. The van der Waals surface area contributed by atoms with Crippen LogP contribution in [0.2, 0.25) is 15.3 Å². The first-order valence-corrected chi connectivity index (χ1v) is 5.81. The van der Waals surface area contributed by atoms with E-state index in [9.17, 15) is 0 Å². The van der Waals surface area contributed by atoms with E-state index in [0.717, 1.165) is 5.56 Å². The fourth-order valence-electron chi connectivity index (χ4n) is 1.17. The molecule has 0 saturated carbocycles. The minimum absolute atomic E-state index is 0.115. The molecule has 0 amide bonds. The van der Waals surface area contributed by atoms with Gasteiger partial charge in [0.05, 0.1) is 5.02 Å². The van der Waals surface area contributed by atoms with Crippen molar-refractivity contribution in [3.05, 3.63) is 45.3 Å². The fourth-order valence-corrected chi connectivity index (χ4v) is 1.61. The van der Waals surface area contributed by atoms with Crippen LogP contribution in [0.15, 0.2) is 24.4 Å². The number of benzene rings is 1. The third-order valence-corrected chi connectivity index (χ3v) is 2.73. The summed E-state index contributed by atoms with van der Waals surface area (Å²) in [6, 6.07) is 4.94. The molecule has 0 N–H and O–H groups in total. The second kappa shape index (κ2) is 5.08. The Morgan fingerprint density at radius 3 is 2.71 bits per heavy atom. The van der Waals surface area contributed by atoms with Crippen molar-refractivity contribution >= 4 is 34.8 Å². The zero-order valence-electron chi connectivity index (χ0n) is 8.75. The van der Waals surface area contributed by atoms with Crippen molar-refractivity contribution in [2.24, 2.45) is 0 Å². The van der Waals surface area contributed by atoms with E-state index in [1.54, 1.807) is 24.4 Å². The lowest BCUT2D eigenvalue weighted by Crippen LogP contribution is -1.94. The molecule has 2 rings (SSSR count). The van der Waals surface area contributed by atoms with Gasteiger partial charge in [-0.3, -0.25) is 0 Å². The molecule has 0 radical (unpaired) electrons. The molecule has 0 unspecified atom stereocenters. The minimum atomic E-state index is 0.115. The first kappa shape index (κ1) is 12.4. The Hall–Kier alpha value is -1.03. The first-order chi connectivity index (χ1) is 8.06. The van der Waals surface area contributed by atoms with Gasteiger partial charge in [-0.1, -0.05) is 23.2 Å². The molecule has 6 heteroatoms. The van der Waals surface area contributed by atoms with Crippen molar-refractivity contribution in [3.8, 4) is 11.6 Å². The van der Waals surface area contributed by atoms with Crippen LogP contribution >= 0.6 is 34.8 Å². The zero-order chi connectivity index (χ0) is 12.4. The number of rotatable bonds is 2. The molecule has 0 atom stereocenters. The third kappa shape index (κ3) is 3.00. The fraction of sp³-hybridized carbons (Fsp3) is 0.0909. The number of aryl methyl sites for hydroxylation is 1. The van der Waals surface area contributed by atoms with Crippen molar-refractivity contribution in [2.75, 3.05) is 0 Å². The van der Waals surface area contributed by atoms with Crippen LogP contribution in [0, 0.1) is 6.92 Å². The molecular formula is C11H7Cl3N2O. The number of aromatic nitrogens is 2. The lowest BCUT2D eigenvalue weighted by Gasteiger charge is -2.08. The van der Waals surface area contributed by atoms with Crippen LogP contribution < -0.4 is 4.74 Å². The van der Waals surface area contributed by atoms with Gasteiger partial charge in [0, 0.05) is 22.8 Å². The molecule has 1 aromatic carbocycles. The standard InChI is InChI=1S/C11H7Cl3N2O/c1-6-5-15-11(14)16-10(6)17-9-4-7(12)2-3-8(9)13/h2-5H,1H3. The summed E-state index contributed by atoms with van der Waals surface area (Å²) in [4.78, 5) is 7.81. The van der Waals surface area contributed by atoms with Gasteiger partial charge in [0.15, 0.2) is 0 Å². The monoisotopic (exact) mass is 288 g/mol. The van der Waals surface area contributed by atoms with Crippen molar-refractivity contribution in [3.63, 3.8) is 0 Å². The summed E-state index contributed by atoms with van der Waals surface area (Å²) < 4.78 is 5.55. The summed E-state index contributed by atoms with van der Waals surface area (Å²) in [6.45, 7) is 1.81. The normalized spacial score (nSPS) is 10.4. The Morgan fingerprint density at radius 1 is 1.18 bits per heavy atom. The van der Waals surface area contributed by atoms with E-state index in [0.29, 0.717) is 21.7 Å². The van der Waals surface area contributed by atoms with Crippen LogP contribution in [0.1, 0.15) is 5.56 Å². The van der Waals surface area contributed by atoms with Gasteiger partial charge in [0.25, 0.3) is 0 Å². The predicted octanol–water partition coefficient (Wildman–Crippen LogP) is 4.54. The van der Waals surface area contributed by atoms with E-state index in [1.807, 2.05) is 6.92 Å². The number of nitrogens with zero attached hydrogens (tertiary/aromatic N) is 2. The Kier molecular flexibility index (Phi) is 3.72. The third-order valence-electron chi connectivity index (χ3n) is 2.00. The molecule has 88 valence electrons. The summed E-state index contributed by atoms with van der Waals surface area (Å²) in [5.74, 6) is 0.784. The van der Waals surface area contributed by atoms with Gasteiger partial charge < -0.3 is 4.74 Å². The number of ether oxygens (including phenoxy) is 1. The highest BCUT2D eigenvalue weighted by molar-refractivity contribution is 6.34. The predicted molar refractivity (Wildman–Crippen MR) is 68.3 cm³/mol. The largest absolute Gasteiger partial charge is 0.437 e. The van der Waals surface area contributed by atoms with Crippen LogP contribution in [-0.2, 0) is 0 Å². The SMILES string of the molecule is Cc1cnc(Cl)nc1Oc1cc(Cl)ccc1Cl. The Labute approximate surface area is 113 Å². The molecule has 0 saturated heterocycles. The van der Waals surface area contributed by atoms with E-state index in [2.05, 4.69) is 9.97 Å². The maximum Gasteiger partial charge on any atom is 0.226 e. The van der Waals surface area contributed by atoms with E-state index < -0.39 is 0 Å². The summed E-state index contributed by atoms with van der Waals surface area (Å²) in [6.07, 6.45) is 1.57. The molecule has 1 aromatic heterocycles. The van der Waals surface area contributed by atoms with Gasteiger partial charge in [-0.15, -0.1) is 0 Å². The number of hydrogen-bond acceptors (Lipinski definition) is 3. The van der Waals surface area contributed by atoms with E-state index in [4.69, 9.17) is 39.5 Å². The van der Waals surface area contributed by atoms with Gasteiger partial charge >= 0.3 is 0 Å². The van der Waals surface area contributed by atoms with Gasteiger partial charge in [0.2, 0.25) is 11.2 Å². The van der Waals surface area contributed by atoms with Crippen LogP contribution in [0.25, 0.3) is 0 Å². The van der Waals surface area contributed by atoms with Gasteiger partial charge in [-0.25, -0.2) is 4.98 Å². The Bertz CT molecular complexity index is 511. The second-order valence-electron chi connectivity index (χ2n) is 3.30. The van der Waals surface area contributed by atoms with Crippen LogP contribution in [-0.4, -0.2) is 9.97 Å². The molecule has 0 fully saturated rings. The summed E-state index contributed by atoms with van der Waals surface area (Å²) in [5.41, 5.74) is 0.755. The molecule has 0 spiro atoms. The topological polar surface area (TPSA) is 35.0 Å². The van der Waals surface area contributed by atoms with Crippen molar-refractivity contribution in [2.45, 2.75) is 6.92 Å². The number of hydrogen-bond donors (Lipinski definition) is 0. The quantitative estimate of drug-likeness (QED) is 0.761. The van der Waals surface area contributed by atoms with Gasteiger partial charge in [-0.05, 0) is 30.7 Å². The smallest absolute Gasteiger partial charge is 0.226 e. The Morgan fingerprint density at radius 2 is 1.94 bits per heavy atom. The van der Waals surface area contributed by atoms with Crippen molar-refractivity contribution in [1.29, 1.82) is 0 Å². The average Bonchev–Trinajstić information content (AvgIpc) is 2.28. The molecule has 1 heterocycles. The highest BCUT2D eigenvalue weighted by Gasteiger charge is 2.08. The van der Waals surface area contributed by atoms with Crippen LogP contribution in [0.5, 0.6) is 11.6 Å². The first-order valence-electron chi connectivity index (χ1n) is 4.68. The molecule has 17 heavy (non-hydrogen) atoms. The summed E-state index contributed by atoms with van der Waals surface area (Å²) in [7, 11) is 0. The summed E-state index contributed by atoms with van der Waals surface area (Å²) in [5, 5.41) is 1.09. The lowest BCUT2D eigenvalue weighted by molar-refractivity contribution is 0.457. The van der Waals surface area contributed by atoms with Crippen molar-refractivity contribution in [1.82, 2.24) is 9.97 Å². The minimum Gasteiger partial charge on any atom is -0.437 e. The van der Waals surface area contributed by atoms with Crippen molar-refractivity contribution < 1.29 is 4.74 Å². The molecular weight excluding hydrogens is 282 g/mol. The molecule has 0 aliphatic rings. The van der Waals surface area contributed by atoms with E-state index in [1.165, 1.54) is 0 Å². The zero-order valence-corrected chi connectivity index (χ0v) is 11.0. The maximum absolute atomic E-state index is 5.98. The highest BCUT2D eigenvalue weighted by atomic mass is 35.5. The molecule has 0 aliphatic carbocycles. The van der Waals surface area contributed by atoms with E-state index >= 15 is 0 Å². The average molecular weight is 290 g/mol. The van der Waals surface area contributed by atoms with Crippen LogP contribution in [0.3, 0.4) is 0 Å². The molecule has 2 aromatic rings. The second-order valence-corrected chi connectivity index (χ2v) is 4.49. The summed E-state index contributed by atoms with van der Waals surface area (Å²) >= 11 is 17.5. The van der Waals surface area contributed by atoms with E-state index in [-0.39, 0.29) is 5.28 Å². The van der Waals surface area contributed by atoms with Gasteiger partial charge in [-0.2, -0.15) is 4.98 Å². The molecule has 0 bridgehead atoms. The van der Waals surface area contributed by atoms with Gasteiger partial charge in [0.1, 0.15) is 5.75 Å². The lowest BCUT2D eigenvalue weighted by atomic mass is 10.3. The van der Waals surface area contributed by atoms with Crippen LogP contribution in [0.4, 0.5) is 0 Å². The molecule has 3 nitrogen and oxygen atoms in total. The highest BCUT2D eigenvalue weighted by Crippen LogP contribution is 2.32. The number of halogens is 3.